The molecule has 0 unspecified atom stereocenters. The summed E-state index contributed by atoms with van der Waals surface area (Å²) in [5.74, 6) is -0.162. The molecule has 0 aliphatic heterocycles. The molecule has 0 saturated heterocycles. The second-order valence-corrected chi connectivity index (χ2v) is 6.12. The van der Waals surface area contributed by atoms with E-state index in [2.05, 4.69) is 4.98 Å². The van der Waals surface area contributed by atoms with Crippen LogP contribution in [0.1, 0.15) is 22.3 Å². The average molecular weight is 330 g/mol. The summed E-state index contributed by atoms with van der Waals surface area (Å²) < 4.78 is 0. The Balaban J connectivity index is 2.22. The van der Waals surface area contributed by atoms with E-state index in [9.17, 15) is 15.0 Å². The number of H-pyrrole nitrogens is 1. The van der Waals surface area contributed by atoms with Crippen LogP contribution in [-0.4, -0.2) is 15.2 Å². The smallest absolute Gasteiger partial charge is 0.252 e. The van der Waals surface area contributed by atoms with Crippen molar-refractivity contribution in [2.24, 2.45) is 0 Å². The quantitative estimate of drug-likeness (QED) is 0.669. The zero-order valence-corrected chi connectivity index (χ0v) is 13.5. The highest BCUT2D eigenvalue weighted by Crippen LogP contribution is 2.32. The van der Waals surface area contributed by atoms with Crippen LogP contribution in [-0.2, 0) is 6.42 Å². The van der Waals surface area contributed by atoms with Crippen LogP contribution in [0.3, 0.4) is 0 Å². The lowest BCUT2D eigenvalue weighted by Gasteiger charge is -2.12. The van der Waals surface area contributed by atoms with Gasteiger partial charge in [-0.2, -0.15) is 0 Å². The lowest BCUT2D eigenvalue weighted by atomic mass is 9.97. The summed E-state index contributed by atoms with van der Waals surface area (Å²) >= 11 is 6.23. The van der Waals surface area contributed by atoms with Gasteiger partial charge < -0.3 is 15.2 Å². The number of aromatic hydroxyl groups is 2. The van der Waals surface area contributed by atoms with Crippen LogP contribution in [0.5, 0.6) is 11.5 Å². The Morgan fingerprint density at radius 2 is 1.87 bits per heavy atom. The first kappa shape index (κ1) is 15.4. The van der Waals surface area contributed by atoms with Gasteiger partial charge in [0, 0.05) is 34.5 Å². The fraction of sp³-hybridized carbons (Fsp3) is 0.167. The van der Waals surface area contributed by atoms with Crippen molar-refractivity contribution in [3.63, 3.8) is 0 Å². The molecule has 5 heteroatoms. The Hall–Kier alpha value is -2.46. The van der Waals surface area contributed by atoms with Crippen molar-refractivity contribution in [3.05, 3.63) is 68.0 Å². The Labute approximate surface area is 138 Å². The Bertz CT molecular complexity index is 976. The molecule has 0 aliphatic rings. The van der Waals surface area contributed by atoms with Gasteiger partial charge in [-0.25, -0.2) is 0 Å². The molecule has 0 radical (unpaired) electrons. The Kier molecular flexibility index (Phi) is 3.78. The summed E-state index contributed by atoms with van der Waals surface area (Å²) in [4.78, 5) is 15.1. The molecule has 1 aromatic heterocycles. The van der Waals surface area contributed by atoms with Crippen molar-refractivity contribution < 1.29 is 10.2 Å². The van der Waals surface area contributed by atoms with Crippen LogP contribution >= 0.6 is 11.6 Å². The number of aromatic amines is 1. The van der Waals surface area contributed by atoms with E-state index >= 15 is 0 Å². The molecule has 0 spiro atoms. The van der Waals surface area contributed by atoms with E-state index in [1.165, 1.54) is 12.1 Å². The summed E-state index contributed by atoms with van der Waals surface area (Å²) in [6, 6.07) is 8.36. The van der Waals surface area contributed by atoms with E-state index in [0.717, 1.165) is 11.1 Å². The van der Waals surface area contributed by atoms with Gasteiger partial charge in [-0.05, 0) is 31.0 Å². The minimum Gasteiger partial charge on any atom is -0.508 e. The van der Waals surface area contributed by atoms with E-state index < -0.39 is 0 Å². The summed E-state index contributed by atoms with van der Waals surface area (Å²) in [5, 5.41) is 20.8. The van der Waals surface area contributed by atoms with Crippen molar-refractivity contribution in [3.8, 4) is 11.5 Å². The number of phenolic OH excluding ortho intramolecular Hbond substituents is 2. The monoisotopic (exact) mass is 329 g/mol. The number of aryl methyl sites for hydroxylation is 2. The van der Waals surface area contributed by atoms with Gasteiger partial charge in [0.15, 0.2) is 0 Å². The fourth-order valence-corrected chi connectivity index (χ4v) is 3.05. The molecule has 0 saturated carbocycles. The summed E-state index contributed by atoms with van der Waals surface area (Å²) in [7, 11) is 0. The van der Waals surface area contributed by atoms with Gasteiger partial charge in [-0.3, -0.25) is 4.79 Å². The van der Waals surface area contributed by atoms with Crippen molar-refractivity contribution in [1.29, 1.82) is 0 Å². The maximum atomic E-state index is 12.4. The summed E-state index contributed by atoms with van der Waals surface area (Å²) in [6.45, 7) is 3.75. The maximum Gasteiger partial charge on any atom is 0.252 e. The second kappa shape index (κ2) is 5.63. The molecule has 23 heavy (non-hydrogen) atoms. The third-order valence-corrected chi connectivity index (χ3v) is 4.39. The normalized spacial score (nSPS) is 11.1. The van der Waals surface area contributed by atoms with Gasteiger partial charge in [-0.1, -0.05) is 29.3 Å². The van der Waals surface area contributed by atoms with Crippen molar-refractivity contribution >= 4 is 22.5 Å². The number of phenols is 2. The second-order valence-electron chi connectivity index (χ2n) is 5.72. The number of aromatic nitrogens is 1. The zero-order chi connectivity index (χ0) is 16.7. The molecule has 0 atom stereocenters. The first-order valence-electron chi connectivity index (χ1n) is 7.19. The minimum atomic E-state index is -0.252. The molecule has 0 bridgehead atoms. The molecule has 3 aromatic rings. The number of pyridine rings is 1. The summed E-state index contributed by atoms with van der Waals surface area (Å²) in [5.41, 5.74) is 3.30. The van der Waals surface area contributed by atoms with Crippen molar-refractivity contribution in [2.75, 3.05) is 0 Å². The SMILES string of the molecule is Cc1ccc(Cl)c(Cc2c(C)c3c(O)cc(O)cc3[nH]c2=O)c1. The first-order chi connectivity index (χ1) is 10.9. The van der Waals surface area contributed by atoms with Gasteiger partial charge in [-0.15, -0.1) is 0 Å². The predicted octanol–water partition coefficient (Wildman–Crippen LogP) is 3.80. The van der Waals surface area contributed by atoms with Gasteiger partial charge in [0.2, 0.25) is 0 Å². The Morgan fingerprint density at radius 3 is 2.61 bits per heavy atom. The standard InChI is InChI=1S/C18H16ClNO3/c1-9-3-4-14(19)11(5-9)6-13-10(2)17-15(20-18(13)23)7-12(21)8-16(17)22/h3-5,7-8,21-22H,6H2,1-2H3,(H,20,23). The van der Waals surface area contributed by atoms with Crippen LogP contribution in [0.25, 0.3) is 10.9 Å². The molecule has 118 valence electrons. The number of hydrogen-bond donors (Lipinski definition) is 3. The van der Waals surface area contributed by atoms with Crippen molar-refractivity contribution in [1.82, 2.24) is 4.98 Å². The molecular formula is C18H16ClNO3. The molecule has 0 fully saturated rings. The van der Waals surface area contributed by atoms with Gasteiger partial charge >= 0.3 is 0 Å². The first-order valence-corrected chi connectivity index (χ1v) is 7.57. The summed E-state index contributed by atoms with van der Waals surface area (Å²) in [6.07, 6.45) is 0.373. The minimum absolute atomic E-state index is 0.0645. The number of halogens is 1. The van der Waals surface area contributed by atoms with Crippen LogP contribution in [0, 0.1) is 13.8 Å². The molecule has 3 rings (SSSR count). The van der Waals surface area contributed by atoms with Crippen LogP contribution in [0.4, 0.5) is 0 Å². The van der Waals surface area contributed by atoms with E-state index in [0.29, 0.717) is 33.5 Å². The topological polar surface area (TPSA) is 73.3 Å². The molecule has 2 aromatic carbocycles. The molecule has 1 heterocycles. The van der Waals surface area contributed by atoms with Crippen molar-refractivity contribution in [2.45, 2.75) is 20.3 Å². The third-order valence-electron chi connectivity index (χ3n) is 4.02. The number of fused-ring (bicyclic) bond motifs is 1. The number of hydrogen-bond acceptors (Lipinski definition) is 3. The highest BCUT2D eigenvalue weighted by molar-refractivity contribution is 6.31. The highest BCUT2D eigenvalue weighted by atomic mass is 35.5. The third kappa shape index (κ3) is 2.78. The lowest BCUT2D eigenvalue weighted by molar-refractivity contribution is 0.455. The highest BCUT2D eigenvalue weighted by Gasteiger charge is 2.15. The van der Waals surface area contributed by atoms with E-state index in [1.54, 1.807) is 6.92 Å². The number of rotatable bonds is 2. The zero-order valence-electron chi connectivity index (χ0n) is 12.8. The maximum absolute atomic E-state index is 12.4. The molecular weight excluding hydrogens is 314 g/mol. The van der Waals surface area contributed by atoms with Gasteiger partial charge in [0.05, 0.1) is 5.52 Å². The van der Waals surface area contributed by atoms with Crippen LogP contribution in [0.2, 0.25) is 5.02 Å². The van der Waals surface area contributed by atoms with Gasteiger partial charge in [0.1, 0.15) is 11.5 Å². The lowest BCUT2D eigenvalue weighted by Crippen LogP contribution is -2.15. The van der Waals surface area contributed by atoms with Crippen LogP contribution < -0.4 is 5.56 Å². The molecule has 3 N–H and O–H groups in total. The Morgan fingerprint density at radius 1 is 1.13 bits per heavy atom. The van der Waals surface area contributed by atoms with E-state index in [1.807, 2.05) is 25.1 Å². The van der Waals surface area contributed by atoms with E-state index in [4.69, 9.17) is 11.6 Å². The number of benzene rings is 2. The van der Waals surface area contributed by atoms with Crippen LogP contribution in [0.15, 0.2) is 35.1 Å². The average Bonchev–Trinajstić information content (AvgIpc) is 2.45. The predicted molar refractivity (Wildman–Crippen MR) is 91.6 cm³/mol. The fourth-order valence-electron chi connectivity index (χ4n) is 2.87. The molecule has 4 nitrogen and oxygen atoms in total. The van der Waals surface area contributed by atoms with E-state index in [-0.39, 0.29) is 17.1 Å². The number of nitrogens with one attached hydrogen (secondary N) is 1. The molecule has 0 aliphatic carbocycles. The largest absolute Gasteiger partial charge is 0.508 e. The van der Waals surface area contributed by atoms with Gasteiger partial charge in [0.25, 0.3) is 5.56 Å². The molecule has 0 amide bonds.